The molecule has 0 aliphatic heterocycles. The van der Waals surface area contributed by atoms with E-state index in [1.54, 1.807) is 0 Å². The van der Waals surface area contributed by atoms with Crippen molar-refractivity contribution in [3.63, 3.8) is 0 Å². The normalized spacial score (nSPS) is 12.3. The molecule has 0 fully saturated rings. The molecule has 1 aromatic heterocycles. The first-order chi connectivity index (χ1) is 6.89. The molecule has 0 radical (unpaired) electrons. The Morgan fingerprint density at radius 3 is 2.53 bits per heavy atom. The van der Waals surface area contributed by atoms with E-state index in [0.717, 1.165) is 12.1 Å². The van der Waals surface area contributed by atoms with Gasteiger partial charge in [0.2, 0.25) is 5.82 Å². The largest absolute Gasteiger partial charge is 0.449 e. The Morgan fingerprint density at radius 2 is 1.93 bits per heavy atom. The monoisotopic (exact) mass is 219 g/mol. The van der Waals surface area contributed by atoms with E-state index < -0.39 is 17.8 Å². The molecule has 0 saturated heterocycles. The van der Waals surface area contributed by atoms with E-state index in [9.17, 15) is 17.6 Å². The second-order valence-electron chi connectivity index (χ2n) is 2.94. The Kier molecular flexibility index (Phi) is 1.85. The minimum atomic E-state index is -4.60. The minimum absolute atomic E-state index is 0.0567. The Bertz CT molecular complexity index is 514. The number of nitrogens with one attached hydrogen (secondary N) is 1. The van der Waals surface area contributed by atoms with Gasteiger partial charge < -0.3 is 10.7 Å². The highest BCUT2D eigenvalue weighted by Gasteiger charge is 2.35. The van der Waals surface area contributed by atoms with Gasteiger partial charge >= 0.3 is 6.18 Å². The highest BCUT2D eigenvalue weighted by Crippen LogP contribution is 2.30. The van der Waals surface area contributed by atoms with Gasteiger partial charge in [0.25, 0.3) is 0 Å². The molecule has 0 atom stereocenters. The number of nitrogens with zero attached hydrogens (tertiary/aromatic N) is 1. The molecular formula is C8H5F4N3. The standard InChI is InChI=1S/C8H5F4N3/c9-3-1-2-4-6(5(3)13)15-7(14-4)8(10,11)12/h1-2H,13H2,(H,14,15). The first-order valence-corrected chi connectivity index (χ1v) is 3.90. The van der Waals surface area contributed by atoms with Gasteiger partial charge in [-0.1, -0.05) is 0 Å². The lowest BCUT2D eigenvalue weighted by molar-refractivity contribution is -0.144. The van der Waals surface area contributed by atoms with Crippen molar-refractivity contribution < 1.29 is 17.6 Å². The van der Waals surface area contributed by atoms with Crippen LogP contribution in [0.25, 0.3) is 11.0 Å². The first-order valence-electron chi connectivity index (χ1n) is 3.90. The number of imidazole rings is 1. The van der Waals surface area contributed by atoms with Crippen LogP contribution in [0.15, 0.2) is 12.1 Å². The molecule has 0 bridgehead atoms. The molecule has 0 unspecified atom stereocenters. The molecule has 80 valence electrons. The van der Waals surface area contributed by atoms with Crippen LogP contribution in [-0.2, 0) is 6.18 Å². The minimum Gasteiger partial charge on any atom is -0.395 e. The van der Waals surface area contributed by atoms with Crippen LogP contribution in [0.2, 0.25) is 0 Å². The van der Waals surface area contributed by atoms with E-state index in [-0.39, 0.29) is 16.7 Å². The number of anilines is 1. The fourth-order valence-electron chi connectivity index (χ4n) is 1.21. The van der Waals surface area contributed by atoms with Gasteiger partial charge in [0.15, 0.2) is 0 Å². The van der Waals surface area contributed by atoms with Crippen LogP contribution in [0, 0.1) is 5.82 Å². The Balaban J connectivity index is 2.72. The summed E-state index contributed by atoms with van der Waals surface area (Å²) >= 11 is 0. The summed E-state index contributed by atoms with van der Waals surface area (Å²) in [6.45, 7) is 0. The number of halogens is 4. The number of H-pyrrole nitrogens is 1. The molecule has 2 rings (SSSR count). The van der Waals surface area contributed by atoms with Crippen molar-refractivity contribution in [3.05, 3.63) is 23.8 Å². The maximum atomic E-state index is 12.9. The summed E-state index contributed by atoms with van der Waals surface area (Å²) in [4.78, 5) is 5.22. The number of alkyl halides is 3. The third-order valence-electron chi connectivity index (χ3n) is 1.91. The van der Waals surface area contributed by atoms with Crippen LogP contribution in [0.5, 0.6) is 0 Å². The van der Waals surface area contributed by atoms with Gasteiger partial charge in [0.05, 0.1) is 11.2 Å². The quantitative estimate of drug-likeness (QED) is 0.527. The number of nitrogens with two attached hydrogens (primary N) is 1. The Hall–Kier alpha value is -1.79. The third-order valence-corrected chi connectivity index (χ3v) is 1.91. The molecule has 3 N–H and O–H groups in total. The van der Waals surface area contributed by atoms with Gasteiger partial charge in [-0.15, -0.1) is 0 Å². The van der Waals surface area contributed by atoms with Crippen molar-refractivity contribution in [1.82, 2.24) is 9.97 Å². The van der Waals surface area contributed by atoms with Gasteiger partial charge in [-0.25, -0.2) is 9.37 Å². The Morgan fingerprint density at radius 1 is 1.27 bits per heavy atom. The lowest BCUT2D eigenvalue weighted by atomic mass is 10.2. The molecule has 0 saturated carbocycles. The number of rotatable bonds is 0. The molecule has 7 heteroatoms. The van der Waals surface area contributed by atoms with E-state index in [1.165, 1.54) is 0 Å². The predicted molar refractivity (Wildman–Crippen MR) is 45.5 cm³/mol. The molecule has 0 aliphatic carbocycles. The number of nitrogen functional groups attached to an aromatic ring is 1. The average Bonchev–Trinajstić information content (AvgIpc) is 2.55. The van der Waals surface area contributed by atoms with E-state index in [4.69, 9.17) is 5.73 Å². The van der Waals surface area contributed by atoms with Crippen molar-refractivity contribution in [2.75, 3.05) is 5.73 Å². The fourth-order valence-corrected chi connectivity index (χ4v) is 1.21. The maximum Gasteiger partial charge on any atom is 0.449 e. The molecule has 3 nitrogen and oxygen atoms in total. The highest BCUT2D eigenvalue weighted by atomic mass is 19.4. The zero-order chi connectivity index (χ0) is 11.2. The summed E-state index contributed by atoms with van der Waals surface area (Å²) in [5.41, 5.74) is 4.71. The molecule has 0 aliphatic rings. The molecule has 0 spiro atoms. The van der Waals surface area contributed by atoms with Crippen molar-refractivity contribution in [3.8, 4) is 0 Å². The number of fused-ring (bicyclic) bond motifs is 1. The first kappa shape index (κ1) is 9.75. The molecule has 1 aromatic carbocycles. The van der Waals surface area contributed by atoms with Gasteiger partial charge in [-0.2, -0.15) is 13.2 Å². The topological polar surface area (TPSA) is 54.7 Å². The SMILES string of the molecule is Nc1c(F)ccc2[nH]c(C(F)(F)F)nc12. The summed E-state index contributed by atoms with van der Waals surface area (Å²) in [7, 11) is 0. The van der Waals surface area contributed by atoms with Crippen LogP contribution < -0.4 is 5.73 Å². The zero-order valence-corrected chi connectivity index (χ0v) is 7.19. The van der Waals surface area contributed by atoms with Crippen molar-refractivity contribution in [2.24, 2.45) is 0 Å². The molecule has 15 heavy (non-hydrogen) atoms. The second-order valence-corrected chi connectivity index (χ2v) is 2.94. The van der Waals surface area contributed by atoms with Crippen LogP contribution in [0.3, 0.4) is 0 Å². The van der Waals surface area contributed by atoms with Crippen molar-refractivity contribution in [2.45, 2.75) is 6.18 Å². The molecule has 0 amide bonds. The van der Waals surface area contributed by atoms with Crippen molar-refractivity contribution in [1.29, 1.82) is 0 Å². The van der Waals surface area contributed by atoms with Crippen LogP contribution in [0.4, 0.5) is 23.2 Å². The number of aromatic nitrogens is 2. The van der Waals surface area contributed by atoms with E-state index in [0.29, 0.717) is 0 Å². The van der Waals surface area contributed by atoms with Crippen LogP contribution in [0.1, 0.15) is 5.82 Å². The molecular weight excluding hydrogens is 214 g/mol. The van der Waals surface area contributed by atoms with Gasteiger partial charge in [-0.05, 0) is 12.1 Å². The van der Waals surface area contributed by atoms with Crippen LogP contribution >= 0.6 is 0 Å². The molecule has 1 heterocycles. The molecule has 2 aromatic rings. The smallest absolute Gasteiger partial charge is 0.395 e. The summed E-state index contributed by atoms with van der Waals surface area (Å²) < 4.78 is 49.6. The van der Waals surface area contributed by atoms with E-state index in [2.05, 4.69) is 4.98 Å². The van der Waals surface area contributed by atoms with Crippen LogP contribution in [-0.4, -0.2) is 9.97 Å². The third kappa shape index (κ3) is 1.49. The van der Waals surface area contributed by atoms with Gasteiger partial charge in [0.1, 0.15) is 11.3 Å². The summed E-state index contributed by atoms with van der Waals surface area (Å²) in [5, 5.41) is 0. The summed E-state index contributed by atoms with van der Waals surface area (Å²) in [6, 6.07) is 2.14. The average molecular weight is 219 g/mol. The number of hydrogen-bond acceptors (Lipinski definition) is 2. The fraction of sp³-hybridized carbons (Fsp3) is 0.125. The van der Waals surface area contributed by atoms with Gasteiger partial charge in [-0.3, -0.25) is 0 Å². The van der Waals surface area contributed by atoms with E-state index >= 15 is 0 Å². The zero-order valence-electron chi connectivity index (χ0n) is 7.19. The van der Waals surface area contributed by atoms with Gasteiger partial charge in [0, 0.05) is 0 Å². The Labute approximate surface area is 80.9 Å². The number of benzene rings is 1. The maximum absolute atomic E-state index is 12.9. The number of hydrogen-bond donors (Lipinski definition) is 2. The number of aromatic amines is 1. The summed E-state index contributed by atoms with van der Waals surface area (Å²) in [6.07, 6.45) is -4.60. The lowest BCUT2D eigenvalue weighted by Gasteiger charge is -1.99. The van der Waals surface area contributed by atoms with E-state index in [1.807, 2.05) is 4.98 Å². The summed E-state index contributed by atoms with van der Waals surface area (Å²) in [5.74, 6) is -1.97. The lowest BCUT2D eigenvalue weighted by Crippen LogP contribution is -2.06. The van der Waals surface area contributed by atoms with Crippen molar-refractivity contribution >= 4 is 16.7 Å². The predicted octanol–water partition coefficient (Wildman–Crippen LogP) is 2.30. The highest BCUT2D eigenvalue weighted by molar-refractivity contribution is 5.87. The second kappa shape index (κ2) is 2.85.